The van der Waals surface area contributed by atoms with E-state index in [0.717, 1.165) is 41.6 Å². The zero-order valence-corrected chi connectivity index (χ0v) is 11.4. The van der Waals surface area contributed by atoms with Gasteiger partial charge in [-0.05, 0) is 59.4 Å². The van der Waals surface area contributed by atoms with Crippen LogP contribution < -0.4 is 0 Å². The van der Waals surface area contributed by atoms with Crippen LogP contribution in [0.5, 0.6) is 0 Å². The van der Waals surface area contributed by atoms with Crippen molar-refractivity contribution < 1.29 is 9.84 Å². The van der Waals surface area contributed by atoms with Crippen LogP contribution in [0.3, 0.4) is 0 Å². The Kier molecular flexibility index (Phi) is 4.61. The van der Waals surface area contributed by atoms with Crippen molar-refractivity contribution in [1.29, 1.82) is 0 Å². The number of benzene rings is 1. The summed E-state index contributed by atoms with van der Waals surface area (Å²) < 4.78 is 6.48. The van der Waals surface area contributed by atoms with Gasteiger partial charge in [0, 0.05) is 16.8 Å². The Morgan fingerprint density at radius 1 is 1.31 bits per heavy atom. The summed E-state index contributed by atoms with van der Waals surface area (Å²) >= 11 is 2.29. The fourth-order valence-corrected chi connectivity index (χ4v) is 2.92. The van der Waals surface area contributed by atoms with Gasteiger partial charge >= 0.3 is 0 Å². The number of halogens is 1. The highest BCUT2D eigenvalue weighted by Gasteiger charge is 2.19. The normalized spacial score (nSPS) is 19.6. The molecule has 2 nitrogen and oxygen atoms in total. The third-order valence-electron chi connectivity index (χ3n) is 3.16. The summed E-state index contributed by atoms with van der Waals surface area (Å²) in [7, 11) is 0. The SMILES string of the molecule is OC(CC1CCOCC1)c1ccccc1I. The first kappa shape index (κ1) is 12.3. The fourth-order valence-electron chi connectivity index (χ4n) is 2.17. The highest BCUT2D eigenvalue weighted by Crippen LogP contribution is 2.29. The maximum Gasteiger partial charge on any atom is 0.0802 e. The highest BCUT2D eigenvalue weighted by atomic mass is 127. The second-order valence-corrected chi connectivity index (χ2v) is 5.49. The summed E-state index contributed by atoms with van der Waals surface area (Å²) in [6, 6.07) is 8.06. The van der Waals surface area contributed by atoms with E-state index in [0.29, 0.717) is 5.92 Å². The molecule has 0 bridgehead atoms. The topological polar surface area (TPSA) is 29.5 Å². The monoisotopic (exact) mass is 332 g/mol. The molecule has 1 saturated heterocycles. The Hall–Kier alpha value is -0.130. The zero-order chi connectivity index (χ0) is 11.4. The molecule has 1 aromatic carbocycles. The molecule has 16 heavy (non-hydrogen) atoms. The first-order valence-corrected chi connectivity index (χ1v) is 6.85. The molecule has 0 spiro atoms. The van der Waals surface area contributed by atoms with E-state index in [4.69, 9.17) is 4.74 Å². The lowest BCUT2D eigenvalue weighted by Crippen LogP contribution is -2.18. The Balaban J connectivity index is 1.96. The molecule has 0 saturated carbocycles. The molecular formula is C13H17IO2. The maximum absolute atomic E-state index is 10.2. The van der Waals surface area contributed by atoms with E-state index in [-0.39, 0.29) is 6.10 Å². The number of aliphatic hydroxyl groups is 1. The number of hydrogen-bond donors (Lipinski definition) is 1. The average molecular weight is 332 g/mol. The molecule has 88 valence electrons. The second-order valence-electron chi connectivity index (χ2n) is 4.33. The zero-order valence-electron chi connectivity index (χ0n) is 9.23. The predicted octanol–water partition coefficient (Wildman–Crippen LogP) is 3.14. The Morgan fingerprint density at radius 3 is 2.69 bits per heavy atom. The van der Waals surface area contributed by atoms with Gasteiger partial charge in [-0.25, -0.2) is 0 Å². The van der Waals surface area contributed by atoms with Crippen molar-refractivity contribution in [3.63, 3.8) is 0 Å². The molecule has 2 rings (SSSR count). The maximum atomic E-state index is 10.2. The van der Waals surface area contributed by atoms with Crippen molar-refractivity contribution in [3.05, 3.63) is 33.4 Å². The van der Waals surface area contributed by atoms with E-state index >= 15 is 0 Å². The molecule has 0 aliphatic carbocycles. The van der Waals surface area contributed by atoms with Crippen molar-refractivity contribution in [2.24, 2.45) is 5.92 Å². The van der Waals surface area contributed by atoms with Crippen LogP contribution in [0.2, 0.25) is 0 Å². The van der Waals surface area contributed by atoms with Crippen LogP contribution >= 0.6 is 22.6 Å². The van der Waals surface area contributed by atoms with Crippen LogP contribution in [0.15, 0.2) is 24.3 Å². The molecule has 1 unspecified atom stereocenters. The second kappa shape index (κ2) is 5.98. The van der Waals surface area contributed by atoms with Gasteiger partial charge in [0.05, 0.1) is 6.10 Å². The Bertz CT molecular complexity index is 334. The van der Waals surface area contributed by atoms with Gasteiger partial charge < -0.3 is 9.84 Å². The number of aliphatic hydroxyl groups excluding tert-OH is 1. The van der Waals surface area contributed by atoms with Crippen LogP contribution in [-0.4, -0.2) is 18.3 Å². The Morgan fingerprint density at radius 2 is 2.00 bits per heavy atom. The summed E-state index contributed by atoms with van der Waals surface area (Å²) in [6.45, 7) is 1.70. The molecule has 0 radical (unpaired) electrons. The lowest BCUT2D eigenvalue weighted by molar-refractivity contribution is 0.0433. The molecule has 3 heteroatoms. The van der Waals surface area contributed by atoms with E-state index in [1.165, 1.54) is 0 Å². The van der Waals surface area contributed by atoms with E-state index in [1.807, 2.05) is 24.3 Å². The lowest BCUT2D eigenvalue weighted by Gasteiger charge is -2.24. The number of ether oxygens (including phenoxy) is 1. The molecule has 1 atom stereocenters. The van der Waals surface area contributed by atoms with Gasteiger partial charge in [0.2, 0.25) is 0 Å². The first-order valence-electron chi connectivity index (χ1n) is 5.77. The summed E-state index contributed by atoms with van der Waals surface area (Å²) in [5.74, 6) is 0.611. The summed E-state index contributed by atoms with van der Waals surface area (Å²) in [4.78, 5) is 0. The molecule has 1 aliphatic heterocycles. The summed E-state index contributed by atoms with van der Waals surface area (Å²) in [5, 5.41) is 10.2. The van der Waals surface area contributed by atoms with Gasteiger partial charge in [-0.3, -0.25) is 0 Å². The largest absolute Gasteiger partial charge is 0.388 e. The summed E-state index contributed by atoms with van der Waals surface area (Å²) in [5.41, 5.74) is 1.06. The van der Waals surface area contributed by atoms with Crippen LogP contribution in [0.4, 0.5) is 0 Å². The predicted molar refractivity (Wildman–Crippen MR) is 72.3 cm³/mol. The lowest BCUT2D eigenvalue weighted by atomic mass is 9.91. The van der Waals surface area contributed by atoms with Crippen LogP contribution in [-0.2, 0) is 4.74 Å². The van der Waals surface area contributed by atoms with Gasteiger partial charge in [0.1, 0.15) is 0 Å². The molecular weight excluding hydrogens is 315 g/mol. The van der Waals surface area contributed by atoms with Gasteiger partial charge in [0.25, 0.3) is 0 Å². The third-order valence-corrected chi connectivity index (χ3v) is 4.14. The number of rotatable bonds is 3. The minimum atomic E-state index is -0.323. The van der Waals surface area contributed by atoms with Crippen molar-refractivity contribution in [1.82, 2.24) is 0 Å². The van der Waals surface area contributed by atoms with Crippen molar-refractivity contribution in [2.45, 2.75) is 25.4 Å². The van der Waals surface area contributed by atoms with E-state index in [2.05, 4.69) is 22.6 Å². The van der Waals surface area contributed by atoms with Gasteiger partial charge in [-0.1, -0.05) is 18.2 Å². The minimum absolute atomic E-state index is 0.323. The molecule has 1 fully saturated rings. The quantitative estimate of drug-likeness (QED) is 0.862. The van der Waals surface area contributed by atoms with Gasteiger partial charge in [-0.15, -0.1) is 0 Å². The molecule has 1 heterocycles. The minimum Gasteiger partial charge on any atom is -0.388 e. The van der Waals surface area contributed by atoms with E-state index < -0.39 is 0 Å². The van der Waals surface area contributed by atoms with Crippen molar-refractivity contribution in [3.8, 4) is 0 Å². The van der Waals surface area contributed by atoms with E-state index in [1.54, 1.807) is 0 Å². The fraction of sp³-hybridized carbons (Fsp3) is 0.538. The van der Waals surface area contributed by atoms with Crippen molar-refractivity contribution in [2.75, 3.05) is 13.2 Å². The van der Waals surface area contributed by atoms with Crippen molar-refractivity contribution >= 4 is 22.6 Å². The Labute approximate surface area is 110 Å². The molecule has 0 aromatic heterocycles. The molecule has 1 aliphatic rings. The summed E-state index contributed by atoms with van der Waals surface area (Å²) in [6.07, 6.45) is 2.71. The van der Waals surface area contributed by atoms with Crippen LogP contribution in [0.1, 0.15) is 30.9 Å². The number of hydrogen-bond acceptors (Lipinski definition) is 2. The highest BCUT2D eigenvalue weighted by molar-refractivity contribution is 14.1. The van der Waals surface area contributed by atoms with E-state index in [9.17, 15) is 5.11 Å². The third kappa shape index (κ3) is 3.18. The standard InChI is InChI=1S/C13H17IO2/c14-12-4-2-1-3-11(12)13(15)9-10-5-7-16-8-6-10/h1-4,10,13,15H,5-9H2. The van der Waals surface area contributed by atoms with Crippen LogP contribution in [0, 0.1) is 9.49 Å². The first-order chi connectivity index (χ1) is 7.77. The molecule has 1 N–H and O–H groups in total. The molecule has 1 aromatic rings. The van der Waals surface area contributed by atoms with Gasteiger partial charge in [-0.2, -0.15) is 0 Å². The average Bonchev–Trinajstić information content (AvgIpc) is 2.31. The molecule has 0 amide bonds. The van der Waals surface area contributed by atoms with Crippen LogP contribution in [0.25, 0.3) is 0 Å². The van der Waals surface area contributed by atoms with Gasteiger partial charge in [0.15, 0.2) is 0 Å². The smallest absolute Gasteiger partial charge is 0.0802 e.